The Morgan fingerprint density at radius 2 is 2.08 bits per heavy atom. The highest BCUT2D eigenvalue weighted by atomic mass is 32.2. The number of aromatic nitrogens is 2. The quantitative estimate of drug-likeness (QED) is 0.884. The number of anilines is 3. The van der Waals surface area contributed by atoms with Gasteiger partial charge in [0.05, 0.1) is 11.5 Å². The lowest BCUT2D eigenvalue weighted by Crippen LogP contribution is -2.37. The topological polar surface area (TPSA) is 75.2 Å². The first-order valence-electron chi connectivity index (χ1n) is 8.52. The van der Waals surface area contributed by atoms with Crippen LogP contribution in [0.25, 0.3) is 0 Å². The maximum atomic E-state index is 11.8. The zero-order chi connectivity index (χ0) is 18.0. The molecule has 1 aromatic heterocycles. The summed E-state index contributed by atoms with van der Waals surface area (Å²) >= 11 is 0. The van der Waals surface area contributed by atoms with Crippen LogP contribution in [-0.4, -0.2) is 42.5 Å². The Labute approximate surface area is 149 Å². The standard InChI is InChI=1S/C18H24N4O2S/c1-4-22(15-8-10-25(23,24)12-15)18-19-9-7-17(21-18)20-16-6-5-13(2)11-14(16)3/h5-7,9,11,15H,4,8,10,12H2,1-3H3,(H,19,20,21). The highest BCUT2D eigenvalue weighted by Crippen LogP contribution is 2.24. The number of rotatable bonds is 5. The summed E-state index contributed by atoms with van der Waals surface area (Å²) in [6, 6.07) is 7.98. The van der Waals surface area contributed by atoms with E-state index in [2.05, 4.69) is 41.3 Å². The molecule has 0 bridgehead atoms. The van der Waals surface area contributed by atoms with E-state index < -0.39 is 9.84 Å². The summed E-state index contributed by atoms with van der Waals surface area (Å²) in [5.41, 5.74) is 3.36. The van der Waals surface area contributed by atoms with Crippen LogP contribution >= 0.6 is 0 Å². The van der Waals surface area contributed by atoms with Crippen molar-refractivity contribution in [3.8, 4) is 0 Å². The monoisotopic (exact) mass is 360 g/mol. The number of aryl methyl sites for hydroxylation is 2. The fourth-order valence-electron chi connectivity index (χ4n) is 3.23. The van der Waals surface area contributed by atoms with Crippen molar-refractivity contribution in [3.05, 3.63) is 41.6 Å². The van der Waals surface area contributed by atoms with Gasteiger partial charge in [-0.15, -0.1) is 0 Å². The van der Waals surface area contributed by atoms with Crippen molar-refractivity contribution in [2.24, 2.45) is 0 Å². The summed E-state index contributed by atoms with van der Waals surface area (Å²) in [7, 11) is -2.94. The van der Waals surface area contributed by atoms with E-state index in [9.17, 15) is 8.42 Å². The van der Waals surface area contributed by atoms with Crippen molar-refractivity contribution in [1.82, 2.24) is 9.97 Å². The zero-order valence-electron chi connectivity index (χ0n) is 14.9. The molecule has 7 heteroatoms. The molecule has 3 rings (SSSR count). The molecular weight excluding hydrogens is 336 g/mol. The first kappa shape index (κ1) is 17.7. The van der Waals surface area contributed by atoms with E-state index in [0.717, 1.165) is 11.3 Å². The molecule has 0 radical (unpaired) electrons. The van der Waals surface area contributed by atoms with Gasteiger partial charge in [-0.05, 0) is 44.9 Å². The number of nitrogens with zero attached hydrogens (tertiary/aromatic N) is 3. The van der Waals surface area contributed by atoms with Gasteiger partial charge >= 0.3 is 0 Å². The van der Waals surface area contributed by atoms with Crippen molar-refractivity contribution in [2.45, 2.75) is 33.2 Å². The van der Waals surface area contributed by atoms with Crippen LogP contribution in [0, 0.1) is 13.8 Å². The van der Waals surface area contributed by atoms with Gasteiger partial charge in [-0.25, -0.2) is 13.4 Å². The number of nitrogens with one attached hydrogen (secondary N) is 1. The lowest BCUT2D eigenvalue weighted by Gasteiger charge is -2.27. The molecule has 0 aliphatic carbocycles. The van der Waals surface area contributed by atoms with Gasteiger partial charge in [0.2, 0.25) is 5.95 Å². The SMILES string of the molecule is CCN(c1nccc(Nc2ccc(C)cc2C)n1)C1CCS(=O)(=O)C1. The van der Waals surface area contributed by atoms with Gasteiger partial charge in [-0.2, -0.15) is 4.98 Å². The van der Waals surface area contributed by atoms with Crippen LogP contribution in [0.1, 0.15) is 24.5 Å². The largest absolute Gasteiger partial charge is 0.340 e. The Kier molecular flexibility index (Phi) is 4.94. The van der Waals surface area contributed by atoms with Gasteiger partial charge in [0, 0.05) is 24.5 Å². The van der Waals surface area contributed by atoms with Crippen LogP contribution in [0.5, 0.6) is 0 Å². The van der Waals surface area contributed by atoms with E-state index in [1.54, 1.807) is 6.20 Å². The molecule has 0 saturated carbocycles. The van der Waals surface area contributed by atoms with E-state index >= 15 is 0 Å². The molecule has 25 heavy (non-hydrogen) atoms. The molecule has 1 saturated heterocycles. The summed E-state index contributed by atoms with van der Waals surface area (Å²) in [5.74, 6) is 1.70. The molecule has 1 atom stereocenters. The van der Waals surface area contributed by atoms with E-state index in [4.69, 9.17) is 0 Å². The van der Waals surface area contributed by atoms with E-state index in [0.29, 0.717) is 24.7 Å². The van der Waals surface area contributed by atoms with Gasteiger partial charge < -0.3 is 10.2 Å². The van der Waals surface area contributed by atoms with Crippen molar-refractivity contribution >= 4 is 27.3 Å². The Balaban J connectivity index is 1.82. The van der Waals surface area contributed by atoms with Gasteiger partial charge in [0.15, 0.2) is 9.84 Å². The van der Waals surface area contributed by atoms with Crippen LogP contribution < -0.4 is 10.2 Å². The third kappa shape index (κ3) is 4.10. The fourth-order valence-corrected chi connectivity index (χ4v) is 4.96. The lowest BCUT2D eigenvalue weighted by molar-refractivity contribution is 0.599. The van der Waals surface area contributed by atoms with Crippen LogP contribution in [0.15, 0.2) is 30.5 Å². The predicted octanol–water partition coefficient (Wildman–Crippen LogP) is 2.85. The maximum Gasteiger partial charge on any atom is 0.227 e. The number of benzene rings is 1. The number of sulfone groups is 1. The Morgan fingerprint density at radius 1 is 1.28 bits per heavy atom. The Morgan fingerprint density at radius 3 is 2.72 bits per heavy atom. The second-order valence-electron chi connectivity index (χ2n) is 6.53. The Bertz CT molecular complexity index is 867. The second kappa shape index (κ2) is 7.00. The highest BCUT2D eigenvalue weighted by Gasteiger charge is 2.32. The van der Waals surface area contributed by atoms with E-state index in [1.165, 1.54) is 5.56 Å². The molecule has 1 aliphatic rings. The van der Waals surface area contributed by atoms with E-state index in [1.807, 2.05) is 24.0 Å². The molecule has 0 spiro atoms. The summed E-state index contributed by atoms with van der Waals surface area (Å²) < 4.78 is 23.6. The molecular formula is C18H24N4O2S. The van der Waals surface area contributed by atoms with Gasteiger partial charge in [0.25, 0.3) is 0 Å². The normalized spacial score (nSPS) is 18.9. The molecule has 2 heterocycles. The van der Waals surface area contributed by atoms with E-state index in [-0.39, 0.29) is 17.5 Å². The van der Waals surface area contributed by atoms with Crippen LogP contribution in [0.3, 0.4) is 0 Å². The predicted molar refractivity (Wildman–Crippen MR) is 101 cm³/mol. The molecule has 1 unspecified atom stereocenters. The van der Waals surface area contributed by atoms with Gasteiger partial charge in [-0.3, -0.25) is 0 Å². The summed E-state index contributed by atoms with van der Waals surface area (Å²) in [6.07, 6.45) is 2.34. The molecule has 1 fully saturated rings. The molecule has 1 N–H and O–H groups in total. The smallest absolute Gasteiger partial charge is 0.227 e. The summed E-state index contributed by atoms with van der Waals surface area (Å²) in [6.45, 7) is 6.79. The maximum absolute atomic E-state index is 11.8. The first-order chi connectivity index (χ1) is 11.9. The number of hydrogen-bond donors (Lipinski definition) is 1. The fraction of sp³-hybridized carbons (Fsp3) is 0.444. The average Bonchev–Trinajstić information content (AvgIpc) is 2.91. The van der Waals surface area contributed by atoms with Crippen molar-refractivity contribution in [2.75, 3.05) is 28.3 Å². The van der Waals surface area contributed by atoms with Crippen molar-refractivity contribution < 1.29 is 8.42 Å². The van der Waals surface area contributed by atoms with Crippen LogP contribution in [0.4, 0.5) is 17.5 Å². The molecule has 1 aromatic carbocycles. The van der Waals surface area contributed by atoms with Crippen molar-refractivity contribution in [3.63, 3.8) is 0 Å². The molecule has 6 nitrogen and oxygen atoms in total. The third-order valence-corrected chi connectivity index (χ3v) is 6.28. The summed E-state index contributed by atoms with van der Waals surface area (Å²) in [5, 5.41) is 3.33. The molecule has 134 valence electrons. The zero-order valence-corrected chi connectivity index (χ0v) is 15.7. The molecule has 1 aliphatic heterocycles. The minimum absolute atomic E-state index is 0.0497. The number of hydrogen-bond acceptors (Lipinski definition) is 6. The minimum Gasteiger partial charge on any atom is -0.340 e. The van der Waals surface area contributed by atoms with Gasteiger partial charge in [-0.1, -0.05) is 17.7 Å². The Hall–Kier alpha value is -2.15. The lowest BCUT2D eigenvalue weighted by atomic mass is 10.1. The third-order valence-electron chi connectivity index (χ3n) is 4.53. The second-order valence-corrected chi connectivity index (χ2v) is 8.76. The average molecular weight is 360 g/mol. The van der Waals surface area contributed by atoms with Crippen LogP contribution in [0.2, 0.25) is 0 Å². The summed E-state index contributed by atoms with van der Waals surface area (Å²) in [4.78, 5) is 10.9. The molecule has 2 aromatic rings. The highest BCUT2D eigenvalue weighted by molar-refractivity contribution is 7.91. The van der Waals surface area contributed by atoms with Crippen molar-refractivity contribution in [1.29, 1.82) is 0 Å². The van der Waals surface area contributed by atoms with Crippen LogP contribution in [-0.2, 0) is 9.84 Å². The first-order valence-corrected chi connectivity index (χ1v) is 10.3. The molecule has 0 amide bonds. The minimum atomic E-state index is -2.94. The van der Waals surface area contributed by atoms with Gasteiger partial charge in [0.1, 0.15) is 5.82 Å².